The number of anilines is 1. The molecule has 0 amide bonds. The van der Waals surface area contributed by atoms with Crippen LogP contribution in [-0.2, 0) is 23.7 Å². The summed E-state index contributed by atoms with van der Waals surface area (Å²) in [6.07, 6.45) is -15.6. The predicted molar refractivity (Wildman–Crippen MR) is 121 cm³/mol. The monoisotopic (exact) mass is 533 g/mol. The van der Waals surface area contributed by atoms with Crippen molar-refractivity contribution in [3.8, 4) is 5.75 Å². The minimum atomic E-state index is -1.96. The zero-order valence-corrected chi connectivity index (χ0v) is 20.3. The Kier molecular flexibility index (Phi) is 8.63. The van der Waals surface area contributed by atoms with Gasteiger partial charge in [-0.05, 0) is 18.2 Å². The van der Waals surface area contributed by atoms with E-state index in [1.807, 2.05) is 0 Å². The summed E-state index contributed by atoms with van der Waals surface area (Å²) in [5.41, 5.74) is 5.57. The van der Waals surface area contributed by atoms with Gasteiger partial charge >= 0.3 is 11.9 Å². The van der Waals surface area contributed by atoms with Gasteiger partial charge in [0.05, 0.1) is 21.1 Å². The van der Waals surface area contributed by atoms with E-state index in [0.29, 0.717) is 0 Å². The first kappa shape index (κ1) is 29.0. The largest absolute Gasteiger partial charge is 0.507 e. The number of nitrogens with two attached hydrogens (primary N) is 1. The van der Waals surface area contributed by atoms with Gasteiger partial charge in [-0.25, -0.2) is 9.59 Å². The summed E-state index contributed by atoms with van der Waals surface area (Å²) < 4.78 is 21.4. The number of aliphatic hydroxyl groups excluding tert-OH is 5. The van der Waals surface area contributed by atoms with Crippen LogP contribution in [0.4, 0.5) is 5.69 Å². The number of hydrogen-bond acceptors (Lipinski definition) is 13. The van der Waals surface area contributed by atoms with Gasteiger partial charge in [0.1, 0.15) is 54.5 Å². The van der Waals surface area contributed by atoms with Crippen molar-refractivity contribution in [1.29, 1.82) is 0 Å². The molecule has 0 unspecified atom stereocenters. The smallest absolute Gasteiger partial charge is 0.342 e. The van der Waals surface area contributed by atoms with E-state index in [9.17, 15) is 45.3 Å². The van der Waals surface area contributed by atoms with Gasteiger partial charge in [0, 0.05) is 5.69 Å². The van der Waals surface area contributed by atoms with Crippen LogP contribution in [0.2, 0.25) is 0 Å². The number of quaternary nitrogens is 1. The van der Waals surface area contributed by atoms with E-state index in [1.165, 1.54) is 18.2 Å². The van der Waals surface area contributed by atoms with Crippen molar-refractivity contribution in [1.82, 2.24) is 0 Å². The molecule has 0 saturated carbocycles. The summed E-state index contributed by atoms with van der Waals surface area (Å²) in [7, 11) is 4.92. The lowest BCUT2D eigenvalue weighted by atomic mass is 9.94. The van der Waals surface area contributed by atoms with E-state index in [4.69, 9.17) is 24.7 Å². The highest BCUT2D eigenvalue weighted by molar-refractivity contribution is 5.93. The fourth-order valence-electron chi connectivity index (χ4n) is 4.31. The number of phenolic OH excluding ortho intramolecular Hbond substituents is 1. The fourth-order valence-corrected chi connectivity index (χ4v) is 4.31. The summed E-state index contributed by atoms with van der Waals surface area (Å²) in [5, 5.41) is 71.4. The number of nitrogens with zero attached hydrogens (tertiary/aromatic N) is 1. The van der Waals surface area contributed by atoms with Gasteiger partial charge in [-0.15, -0.1) is 0 Å². The molecule has 0 bridgehead atoms. The number of ether oxygens (including phenoxy) is 4. The second-order valence-corrected chi connectivity index (χ2v) is 9.87. The number of aromatic hydroxyl groups is 1. The second-order valence-electron chi connectivity index (χ2n) is 9.87. The topological polar surface area (TPSA) is 239 Å². The molecule has 0 aliphatic carbocycles. The molecule has 0 spiro atoms. The van der Waals surface area contributed by atoms with E-state index in [-0.39, 0.29) is 15.7 Å². The predicted octanol–water partition coefficient (Wildman–Crippen LogP) is -3.44. The van der Waals surface area contributed by atoms with Crippen LogP contribution < -0.4 is 5.73 Å². The number of carboxylic acids is 1. The molecule has 10 atom stereocenters. The number of carboxylic acid groups (broad SMARTS) is 1. The van der Waals surface area contributed by atoms with E-state index in [2.05, 4.69) is 0 Å². The summed E-state index contributed by atoms with van der Waals surface area (Å²) in [6, 6.07) is 2.71. The molecule has 37 heavy (non-hydrogen) atoms. The highest BCUT2D eigenvalue weighted by atomic mass is 16.7. The van der Waals surface area contributed by atoms with Crippen LogP contribution in [0.25, 0.3) is 0 Å². The van der Waals surface area contributed by atoms with Crippen molar-refractivity contribution < 1.29 is 68.8 Å². The van der Waals surface area contributed by atoms with Crippen LogP contribution in [-0.4, -0.2) is 141 Å². The molecular formula is C22H33N2O13+. The Morgan fingerprint density at radius 3 is 2.24 bits per heavy atom. The number of carbonyl (C=O) groups excluding carboxylic acids is 1. The lowest BCUT2D eigenvalue weighted by Crippen LogP contribution is -2.70. The van der Waals surface area contributed by atoms with E-state index in [0.717, 1.165) is 0 Å². The van der Waals surface area contributed by atoms with Crippen molar-refractivity contribution in [3.63, 3.8) is 0 Å². The number of likely N-dealkylation sites (N-methyl/N-ethyl adjacent to an activating group) is 1. The first-order valence-electron chi connectivity index (χ1n) is 11.3. The molecule has 2 aliphatic heterocycles. The minimum absolute atomic E-state index is 0.0527. The number of hydrogen-bond donors (Lipinski definition) is 8. The normalized spacial score (nSPS) is 36.6. The van der Waals surface area contributed by atoms with Gasteiger partial charge in [-0.2, -0.15) is 0 Å². The molecule has 0 aromatic heterocycles. The van der Waals surface area contributed by atoms with Crippen LogP contribution in [0.3, 0.4) is 0 Å². The average Bonchev–Trinajstić information content (AvgIpc) is 2.80. The summed E-state index contributed by atoms with van der Waals surface area (Å²) in [4.78, 5) is 23.9. The van der Waals surface area contributed by atoms with E-state index < -0.39 is 85.6 Å². The molecule has 9 N–H and O–H groups in total. The van der Waals surface area contributed by atoms with Crippen LogP contribution in [0.15, 0.2) is 18.2 Å². The molecular weight excluding hydrogens is 500 g/mol. The molecule has 1 aromatic carbocycles. The van der Waals surface area contributed by atoms with Crippen molar-refractivity contribution in [2.75, 3.05) is 33.5 Å². The maximum absolute atomic E-state index is 12.4. The number of aliphatic hydroxyl groups is 5. The van der Waals surface area contributed by atoms with Gasteiger partial charge in [-0.3, -0.25) is 0 Å². The maximum atomic E-state index is 12.4. The fraction of sp³-hybridized carbons (Fsp3) is 0.636. The van der Waals surface area contributed by atoms with Gasteiger partial charge < -0.3 is 64.9 Å². The molecule has 1 aromatic rings. The number of aliphatic carboxylic acids is 1. The molecule has 208 valence electrons. The quantitative estimate of drug-likeness (QED) is 0.0736. The maximum Gasteiger partial charge on any atom is 0.342 e. The number of nitrogen functional groups attached to an aromatic ring is 1. The second kappa shape index (κ2) is 11.0. The van der Waals surface area contributed by atoms with E-state index in [1.54, 1.807) is 21.1 Å². The van der Waals surface area contributed by atoms with Crippen molar-refractivity contribution in [3.05, 3.63) is 23.8 Å². The molecule has 2 heterocycles. The average molecular weight is 534 g/mol. The van der Waals surface area contributed by atoms with Crippen LogP contribution in [0, 0.1) is 0 Å². The minimum Gasteiger partial charge on any atom is -0.507 e. The van der Waals surface area contributed by atoms with Crippen molar-refractivity contribution >= 4 is 17.6 Å². The summed E-state index contributed by atoms with van der Waals surface area (Å²) >= 11 is 0. The molecule has 2 fully saturated rings. The SMILES string of the molecule is C[N+](C)(C)[C@@H]1[C@@H](O[C@@H]2O[C@H](C(=O)O)[C@@H](O)[C@H](O)[C@H]2O)[C@@H](O)[C@@H](COC(=O)c2cc(N)ccc2O)O[C@H]1O. The third-order valence-corrected chi connectivity index (χ3v) is 6.28. The number of rotatable bonds is 7. The lowest BCUT2D eigenvalue weighted by molar-refractivity contribution is -0.910. The Bertz CT molecular complexity index is 986. The Hall–Kier alpha value is -2.60. The lowest BCUT2D eigenvalue weighted by Gasteiger charge is -2.49. The molecule has 0 radical (unpaired) electrons. The third kappa shape index (κ3) is 6.11. The Balaban J connectivity index is 1.81. The van der Waals surface area contributed by atoms with Gasteiger partial charge in [0.2, 0.25) is 6.29 Å². The van der Waals surface area contributed by atoms with Crippen LogP contribution in [0.5, 0.6) is 5.75 Å². The summed E-state index contributed by atoms with van der Waals surface area (Å²) in [5.74, 6) is -3.01. The molecule has 15 nitrogen and oxygen atoms in total. The van der Waals surface area contributed by atoms with Gasteiger partial charge in [0.25, 0.3) is 0 Å². The first-order chi connectivity index (χ1) is 17.1. The zero-order chi connectivity index (χ0) is 27.8. The number of carbonyl (C=O) groups is 2. The third-order valence-electron chi connectivity index (χ3n) is 6.28. The molecule has 2 saturated heterocycles. The number of esters is 1. The first-order valence-corrected chi connectivity index (χ1v) is 11.3. The molecule has 15 heteroatoms. The van der Waals surface area contributed by atoms with Crippen molar-refractivity contribution in [2.24, 2.45) is 0 Å². The highest BCUT2D eigenvalue weighted by Gasteiger charge is 2.56. The Morgan fingerprint density at radius 1 is 1.00 bits per heavy atom. The zero-order valence-electron chi connectivity index (χ0n) is 20.3. The Labute approximate surface area is 211 Å². The van der Waals surface area contributed by atoms with Gasteiger partial charge in [-0.1, -0.05) is 0 Å². The summed E-state index contributed by atoms with van der Waals surface area (Å²) in [6.45, 7) is -0.609. The molecule has 2 aliphatic rings. The van der Waals surface area contributed by atoms with Crippen LogP contribution in [0.1, 0.15) is 10.4 Å². The van der Waals surface area contributed by atoms with E-state index >= 15 is 0 Å². The van der Waals surface area contributed by atoms with Gasteiger partial charge in [0.15, 0.2) is 18.4 Å². The molecule has 3 rings (SSSR count). The Morgan fingerprint density at radius 2 is 1.65 bits per heavy atom. The van der Waals surface area contributed by atoms with Crippen molar-refractivity contribution in [2.45, 2.75) is 61.3 Å². The van der Waals surface area contributed by atoms with Crippen LogP contribution >= 0.6 is 0 Å². The highest BCUT2D eigenvalue weighted by Crippen LogP contribution is 2.32. The standard InChI is InChI=1S/C22H32N2O13/c1-24(2,3)12-17(36-22-16(29)14(27)15(28)18(37-22)19(30)31)13(26)11(35-21(12)33)7-34-20(32)9-6-8(23)4-5-10(9)25/h4-6,11-18,21-22,26-29,33H,7,23H2,1-3H3,(H-,25,30,31,32)/p+1/t11-,12-,13+,14+,15+,16-,17-,18+,21-,22-/m1/s1. The number of phenols is 1. The number of benzene rings is 1.